The second-order valence-electron chi connectivity index (χ2n) is 5.09. The number of imidazole rings is 1. The van der Waals surface area contributed by atoms with Crippen LogP contribution >= 0.6 is 0 Å². The van der Waals surface area contributed by atoms with Gasteiger partial charge in [-0.25, -0.2) is 9.78 Å². The van der Waals surface area contributed by atoms with Crippen LogP contribution in [0.4, 0.5) is 0 Å². The highest BCUT2D eigenvalue weighted by atomic mass is 16.4. The molecule has 0 aliphatic carbocycles. The second kappa shape index (κ2) is 5.32. The average Bonchev–Trinajstić information content (AvgIpc) is 2.76. The molecule has 0 radical (unpaired) electrons. The van der Waals surface area contributed by atoms with Gasteiger partial charge in [0.15, 0.2) is 0 Å². The zero-order chi connectivity index (χ0) is 14.9. The van der Waals surface area contributed by atoms with E-state index in [4.69, 9.17) is 5.11 Å². The highest BCUT2D eigenvalue weighted by molar-refractivity contribution is 5.99. The van der Waals surface area contributed by atoms with Gasteiger partial charge >= 0.3 is 5.97 Å². The van der Waals surface area contributed by atoms with Crippen molar-refractivity contribution in [3.05, 3.63) is 30.1 Å². The Kier molecular flexibility index (Phi) is 3.74. The van der Waals surface area contributed by atoms with Crippen molar-refractivity contribution >= 4 is 22.9 Å². The molecule has 1 amide bonds. The number of carboxylic acid groups (broad SMARTS) is 1. The van der Waals surface area contributed by atoms with E-state index < -0.39 is 17.9 Å². The van der Waals surface area contributed by atoms with E-state index in [-0.39, 0.29) is 5.92 Å². The minimum atomic E-state index is -1.03. The summed E-state index contributed by atoms with van der Waals surface area (Å²) < 4.78 is 1.85. The molecular weight excluding hydrogens is 258 g/mol. The van der Waals surface area contributed by atoms with Crippen LogP contribution < -0.4 is 5.32 Å². The topological polar surface area (TPSA) is 84.2 Å². The van der Waals surface area contributed by atoms with Crippen LogP contribution in [-0.4, -0.2) is 32.6 Å². The number of rotatable bonds is 4. The van der Waals surface area contributed by atoms with Crippen molar-refractivity contribution in [3.8, 4) is 0 Å². The predicted octanol–water partition coefficient (Wildman–Crippen LogP) is 1.41. The van der Waals surface area contributed by atoms with E-state index >= 15 is 0 Å². The van der Waals surface area contributed by atoms with Crippen LogP contribution in [0.1, 0.15) is 24.2 Å². The lowest BCUT2D eigenvalue weighted by molar-refractivity contribution is -0.140. The van der Waals surface area contributed by atoms with Gasteiger partial charge in [0.1, 0.15) is 6.04 Å². The van der Waals surface area contributed by atoms with Crippen LogP contribution in [0.2, 0.25) is 0 Å². The highest BCUT2D eigenvalue weighted by Crippen LogP contribution is 2.14. The van der Waals surface area contributed by atoms with Gasteiger partial charge in [-0.15, -0.1) is 0 Å². The van der Waals surface area contributed by atoms with Gasteiger partial charge < -0.3 is 15.0 Å². The number of nitrogens with one attached hydrogen (secondary N) is 1. The fraction of sp³-hybridized carbons (Fsp3) is 0.357. The van der Waals surface area contributed by atoms with E-state index in [1.165, 1.54) is 0 Å². The van der Waals surface area contributed by atoms with Gasteiger partial charge in [0.2, 0.25) is 0 Å². The number of carboxylic acids is 1. The van der Waals surface area contributed by atoms with Gasteiger partial charge in [-0.2, -0.15) is 0 Å². The van der Waals surface area contributed by atoms with Crippen LogP contribution in [0.3, 0.4) is 0 Å². The summed E-state index contributed by atoms with van der Waals surface area (Å²) in [5.41, 5.74) is 2.03. The van der Waals surface area contributed by atoms with Gasteiger partial charge in [0.05, 0.1) is 17.4 Å². The van der Waals surface area contributed by atoms with E-state index in [0.29, 0.717) is 11.1 Å². The average molecular weight is 275 g/mol. The molecule has 0 aliphatic rings. The Hall–Kier alpha value is -2.37. The number of amides is 1. The number of aromatic nitrogens is 2. The summed E-state index contributed by atoms with van der Waals surface area (Å²) in [6.45, 7) is 3.50. The van der Waals surface area contributed by atoms with Crippen molar-refractivity contribution in [3.63, 3.8) is 0 Å². The van der Waals surface area contributed by atoms with Crippen LogP contribution in [0.25, 0.3) is 11.0 Å². The van der Waals surface area contributed by atoms with Crippen molar-refractivity contribution in [2.45, 2.75) is 19.9 Å². The molecule has 0 saturated heterocycles. The maximum absolute atomic E-state index is 12.1. The maximum atomic E-state index is 12.1. The number of carbonyl (C=O) groups excluding carboxylic acids is 1. The van der Waals surface area contributed by atoms with Gasteiger partial charge in [-0.1, -0.05) is 13.8 Å². The molecule has 0 aliphatic heterocycles. The third-order valence-electron chi connectivity index (χ3n) is 3.21. The van der Waals surface area contributed by atoms with Crippen molar-refractivity contribution in [2.75, 3.05) is 0 Å². The maximum Gasteiger partial charge on any atom is 0.326 e. The van der Waals surface area contributed by atoms with Crippen LogP contribution in [0.15, 0.2) is 24.5 Å². The fourth-order valence-corrected chi connectivity index (χ4v) is 2.02. The summed E-state index contributed by atoms with van der Waals surface area (Å²) in [6, 6.07) is 4.21. The molecule has 0 fully saturated rings. The summed E-state index contributed by atoms with van der Waals surface area (Å²) in [5.74, 6) is -1.62. The van der Waals surface area contributed by atoms with Crippen LogP contribution in [-0.2, 0) is 11.8 Å². The number of aryl methyl sites for hydroxylation is 1. The molecule has 6 nitrogen and oxygen atoms in total. The minimum Gasteiger partial charge on any atom is -0.480 e. The molecule has 6 heteroatoms. The standard InChI is InChI=1S/C14H17N3O3/c1-8(2)12(14(19)20)16-13(18)9-4-5-11-10(6-9)15-7-17(11)3/h4-8,12H,1-3H3,(H,16,18)(H,19,20)/t12-/m0/s1. The van der Waals surface area contributed by atoms with Gasteiger partial charge in [-0.05, 0) is 24.1 Å². The Labute approximate surface area is 116 Å². The lowest BCUT2D eigenvalue weighted by Crippen LogP contribution is -2.44. The SMILES string of the molecule is CC(C)[C@H](NC(=O)c1ccc2c(c1)ncn2C)C(=O)O. The quantitative estimate of drug-likeness (QED) is 0.883. The zero-order valence-electron chi connectivity index (χ0n) is 11.6. The fourth-order valence-electron chi connectivity index (χ4n) is 2.02. The van der Waals surface area contributed by atoms with E-state index in [0.717, 1.165) is 5.52 Å². The molecule has 0 unspecified atom stereocenters. The number of benzene rings is 1. The number of hydrogen-bond donors (Lipinski definition) is 2. The molecule has 2 aromatic rings. The first kappa shape index (κ1) is 14.0. The van der Waals surface area contributed by atoms with E-state index in [1.807, 2.05) is 11.6 Å². The second-order valence-corrected chi connectivity index (χ2v) is 5.09. The summed E-state index contributed by atoms with van der Waals surface area (Å²) >= 11 is 0. The van der Waals surface area contributed by atoms with Crippen LogP contribution in [0.5, 0.6) is 0 Å². The Morgan fingerprint density at radius 1 is 1.35 bits per heavy atom. The molecule has 20 heavy (non-hydrogen) atoms. The largest absolute Gasteiger partial charge is 0.480 e. The lowest BCUT2D eigenvalue weighted by Gasteiger charge is -2.17. The molecule has 1 aromatic carbocycles. The van der Waals surface area contributed by atoms with Gasteiger partial charge in [-0.3, -0.25) is 4.79 Å². The smallest absolute Gasteiger partial charge is 0.326 e. The molecule has 0 bridgehead atoms. The summed E-state index contributed by atoms with van der Waals surface area (Å²) in [6.07, 6.45) is 1.67. The first-order chi connectivity index (χ1) is 9.40. The third-order valence-corrected chi connectivity index (χ3v) is 3.21. The molecule has 1 aromatic heterocycles. The number of carbonyl (C=O) groups is 2. The molecular formula is C14H17N3O3. The van der Waals surface area contributed by atoms with Crippen molar-refractivity contribution in [1.82, 2.24) is 14.9 Å². The number of fused-ring (bicyclic) bond motifs is 1. The lowest BCUT2D eigenvalue weighted by atomic mass is 10.0. The molecule has 2 N–H and O–H groups in total. The molecule has 0 spiro atoms. The Morgan fingerprint density at radius 3 is 2.65 bits per heavy atom. The van der Waals surface area contributed by atoms with Crippen molar-refractivity contribution < 1.29 is 14.7 Å². The van der Waals surface area contributed by atoms with Crippen LogP contribution in [0, 0.1) is 5.92 Å². The first-order valence-corrected chi connectivity index (χ1v) is 6.35. The third kappa shape index (κ3) is 2.64. The van der Waals surface area contributed by atoms with Crippen molar-refractivity contribution in [2.24, 2.45) is 13.0 Å². The molecule has 106 valence electrons. The van der Waals surface area contributed by atoms with Crippen molar-refractivity contribution in [1.29, 1.82) is 0 Å². The number of nitrogens with zero attached hydrogens (tertiary/aromatic N) is 2. The monoisotopic (exact) mass is 275 g/mol. The predicted molar refractivity (Wildman–Crippen MR) is 74.4 cm³/mol. The molecule has 0 saturated carbocycles. The molecule has 2 rings (SSSR count). The Bertz CT molecular complexity index is 661. The van der Waals surface area contributed by atoms with E-state index in [9.17, 15) is 9.59 Å². The first-order valence-electron chi connectivity index (χ1n) is 6.35. The van der Waals surface area contributed by atoms with Gasteiger partial charge in [0.25, 0.3) is 5.91 Å². The number of hydrogen-bond acceptors (Lipinski definition) is 3. The Morgan fingerprint density at radius 2 is 2.05 bits per heavy atom. The zero-order valence-corrected chi connectivity index (χ0v) is 11.6. The highest BCUT2D eigenvalue weighted by Gasteiger charge is 2.24. The molecule has 1 heterocycles. The summed E-state index contributed by atoms with van der Waals surface area (Å²) in [7, 11) is 1.87. The minimum absolute atomic E-state index is 0.185. The normalized spacial score (nSPS) is 12.6. The molecule has 1 atom stereocenters. The van der Waals surface area contributed by atoms with E-state index in [1.54, 1.807) is 38.4 Å². The van der Waals surface area contributed by atoms with Gasteiger partial charge in [0, 0.05) is 12.6 Å². The van der Waals surface area contributed by atoms with E-state index in [2.05, 4.69) is 10.3 Å². The Balaban J connectivity index is 2.24. The number of aliphatic carboxylic acids is 1. The summed E-state index contributed by atoms with van der Waals surface area (Å²) in [5, 5.41) is 11.6. The summed E-state index contributed by atoms with van der Waals surface area (Å²) in [4.78, 5) is 27.4.